The first kappa shape index (κ1) is 7.93. The van der Waals surface area contributed by atoms with Crippen LogP contribution in [0.1, 0.15) is 5.82 Å². The monoisotopic (exact) mass is 179 g/mol. The third kappa shape index (κ3) is 1.31. The Morgan fingerprint density at radius 3 is 3.00 bits per heavy atom. The van der Waals surface area contributed by atoms with Crippen molar-refractivity contribution in [3.63, 3.8) is 0 Å². The Kier molecular flexibility index (Phi) is 1.82. The Hall–Kier alpha value is -1.69. The number of nitrogens with zero attached hydrogens (tertiary/aromatic N) is 3. The van der Waals surface area contributed by atoms with Crippen LogP contribution in [0.15, 0.2) is 6.33 Å². The summed E-state index contributed by atoms with van der Waals surface area (Å²) in [6.07, 6.45) is 2.21. The maximum Gasteiger partial charge on any atom is 0.183 e. The summed E-state index contributed by atoms with van der Waals surface area (Å²) < 4.78 is 0. The highest BCUT2D eigenvalue weighted by molar-refractivity contribution is 5.80. The molecule has 2 aromatic heterocycles. The van der Waals surface area contributed by atoms with E-state index in [2.05, 4.69) is 25.7 Å². The van der Waals surface area contributed by atoms with Crippen molar-refractivity contribution < 1.29 is 5.73 Å². The van der Waals surface area contributed by atoms with E-state index in [1.165, 1.54) is 6.33 Å². The average Bonchev–Trinajstić information content (AvgIpc) is 2.49. The molecule has 6 N–H and O–H groups in total. The highest BCUT2D eigenvalue weighted by Gasteiger charge is 2.06. The molecule has 6 nitrogen and oxygen atoms in total. The molecule has 2 aromatic rings. The summed E-state index contributed by atoms with van der Waals surface area (Å²) in [5, 5.41) is 0. The van der Waals surface area contributed by atoms with E-state index < -0.39 is 0 Å². The van der Waals surface area contributed by atoms with E-state index in [1.54, 1.807) is 0 Å². The number of rotatable bonds is 2. The molecule has 68 valence electrons. The van der Waals surface area contributed by atoms with E-state index in [0.717, 1.165) is 18.8 Å². The minimum Gasteiger partial charge on any atom is -0.382 e. The molecule has 6 heteroatoms. The summed E-state index contributed by atoms with van der Waals surface area (Å²) in [5.74, 6) is 1.30. The van der Waals surface area contributed by atoms with Gasteiger partial charge < -0.3 is 16.5 Å². The van der Waals surface area contributed by atoms with E-state index in [9.17, 15) is 0 Å². The van der Waals surface area contributed by atoms with Crippen molar-refractivity contribution in [1.29, 1.82) is 0 Å². The molecule has 0 atom stereocenters. The number of imidazole rings is 1. The van der Waals surface area contributed by atoms with Crippen LogP contribution in [0.25, 0.3) is 11.2 Å². The fraction of sp³-hybridized carbons (Fsp3) is 0.286. The summed E-state index contributed by atoms with van der Waals surface area (Å²) >= 11 is 0. The molecule has 0 saturated carbocycles. The van der Waals surface area contributed by atoms with Crippen LogP contribution in [0.5, 0.6) is 0 Å². The van der Waals surface area contributed by atoms with Crippen molar-refractivity contribution in [1.82, 2.24) is 19.9 Å². The molecule has 0 aromatic carbocycles. The Bertz CT molecular complexity index is 420. The molecule has 2 rings (SSSR count). The lowest BCUT2D eigenvalue weighted by Gasteiger charge is -1.89. The maximum atomic E-state index is 5.63. The Morgan fingerprint density at radius 2 is 2.31 bits per heavy atom. The van der Waals surface area contributed by atoms with Crippen LogP contribution in [0, 0.1) is 0 Å². The van der Waals surface area contributed by atoms with Crippen molar-refractivity contribution in [2.24, 2.45) is 0 Å². The van der Waals surface area contributed by atoms with E-state index >= 15 is 0 Å². The summed E-state index contributed by atoms with van der Waals surface area (Å²) in [7, 11) is 0. The number of nitrogen functional groups attached to an aromatic ring is 1. The lowest BCUT2D eigenvalue weighted by molar-refractivity contribution is -0.366. The first-order chi connectivity index (χ1) is 6.31. The molecule has 13 heavy (non-hydrogen) atoms. The van der Waals surface area contributed by atoms with Crippen LogP contribution in [-0.2, 0) is 6.42 Å². The predicted molar refractivity (Wildman–Crippen MR) is 47.6 cm³/mol. The standard InChI is InChI=1S/C7H10N6/c8-2-1-4-12-5-6(9)10-3-11-7(5)13-4/h3H,1-2,8H2,(H3,9,10,11,12,13)/p+1. The van der Waals surface area contributed by atoms with Crippen molar-refractivity contribution in [3.05, 3.63) is 12.2 Å². The molecule has 0 aliphatic carbocycles. The average molecular weight is 179 g/mol. The molecule has 0 radical (unpaired) electrons. The summed E-state index contributed by atoms with van der Waals surface area (Å²) in [4.78, 5) is 15.2. The number of nitrogens with one attached hydrogen (secondary N) is 1. The lowest BCUT2D eigenvalue weighted by atomic mass is 10.4. The van der Waals surface area contributed by atoms with Gasteiger partial charge in [0.05, 0.1) is 13.0 Å². The minimum atomic E-state index is 0.438. The molecule has 0 bridgehead atoms. The quantitative estimate of drug-likeness (QED) is 0.533. The van der Waals surface area contributed by atoms with Crippen molar-refractivity contribution >= 4 is 17.0 Å². The number of anilines is 1. The van der Waals surface area contributed by atoms with E-state index in [4.69, 9.17) is 5.73 Å². The number of aromatic amines is 1. The minimum absolute atomic E-state index is 0.438. The van der Waals surface area contributed by atoms with Gasteiger partial charge in [-0.1, -0.05) is 0 Å². The molecular formula is C7H11N6+. The van der Waals surface area contributed by atoms with Crippen molar-refractivity contribution in [2.75, 3.05) is 12.3 Å². The summed E-state index contributed by atoms with van der Waals surface area (Å²) in [6.45, 7) is 0.799. The van der Waals surface area contributed by atoms with Gasteiger partial charge in [0.1, 0.15) is 17.7 Å². The smallest absolute Gasteiger partial charge is 0.183 e. The first-order valence-corrected chi connectivity index (χ1v) is 4.05. The third-order valence-electron chi connectivity index (χ3n) is 1.78. The third-order valence-corrected chi connectivity index (χ3v) is 1.78. The number of aromatic nitrogens is 4. The van der Waals surface area contributed by atoms with Gasteiger partial charge in [-0.05, 0) is 0 Å². The second kappa shape index (κ2) is 2.98. The molecule has 0 aliphatic heterocycles. The normalized spacial score (nSPS) is 10.8. The molecule has 0 aliphatic rings. The summed E-state index contributed by atoms with van der Waals surface area (Å²) in [5.41, 5.74) is 10.7. The number of H-pyrrole nitrogens is 1. The van der Waals surface area contributed by atoms with Crippen LogP contribution in [0.2, 0.25) is 0 Å². The van der Waals surface area contributed by atoms with E-state index in [-0.39, 0.29) is 0 Å². The second-order valence-corrected chi connectivity index (χ2v) is 2.74. The van der Waals surface area contributed by atoms with Crippen molar-refractivity contribution in [2.45, 2.75) is 6.42 Å². The number of hydrogen-bond donors (Lipinski definition) is 3. The first-order valence-electron chi connectivity index (χ1n) is 4.05. The maximum absolute atomic E-state index is 5.63. The van der Waals surface area contributed by atoms with Crippen LogP contribution in [0.4, 0.5) is 5.82 Å². The van der Waals surface area contributed by atoms with Gasteiger partial charge in [0.2, 0.25) is 0 Å². The Balaban J connectivity index is 2.55. The molecule has 0 spiro atoms. The highest BCUT2D eigenvalue weighted by atomic mass is 15.0. The van der Waals surface area contributed by atoms with Gasteiger partial charge in [-0.2, -0.15) is 0 Å². The topological polar surface area (TPSA) is 108 Å². The van der Waals surface area contributed by atoms with Crippen LogP contribution < -0.4 is 11.5 Å². The van der Waals surface area contributed by atoms with Crippen LogP contribution in [0.3, 0.4) is 0 Å². The predicted octanol–water partition coefficient (Wildman–Crippen LogP) is -1.28. The van der Waals surface area contributed by atoms with Gasteiger partial charge in [0.25, 0.3) is 0 Å². The Morgan fingerprint density at radius 1 is 1.46 bits per heavy atom. The SMILES string of the molecule is Nc1ncnc2nc(CC[NH3+])[nH]c12. The number of fused-ring (bicyclic) bond motifs is 1. The largest absolute Gasteiger partial charge is 0.382 e. The van der Waals surface area contributed by atoms with Gasteiger partial charge in [0, 0.05) is 0 Å². The number of nitrogens with two attached hydrogens (primary N) is 1. The van der Waals surface area contributed by atoms with Gasteiger partial charge >= 0.3 is 0 Å². The zero-order valence-electron chi connectivity index (χ0n) is 7.12. The molecule has 0 saturated heterocycles. The fourth-order valence-corrected chi connectivity index (χ4v) is 1.18. The zero-order valence-corrected chi connectivity index (χ0v) is 7.12. The Labute approximate surface area is 74.4 Å². The molecular weight excluding hydrogens is 168 g/mol. The zero-order chi connectivity index (χ0) is 9.26. The van der Waals surface area contributed by atoms with Gasteiger partial charge in [-0.25, -0.2) is 15.0 Å². The van der Waals surface area contributed by atoms with E-state index in [1.807, 2.05) is 0 Å². The lowest BCUT2D eigenvalue weighted by Crippen LogP contribution is -2.51. The second-order valence-electron chi connectivity index (χ2n) is 2.74. The molecule has 0 unspecified atom stereocenters. The summed E-state index contributed by atoms with van der Waals surface area (Å²) in [6, 6.07) is 0. The number of hydrogen-bond acceptors (Lipinski definition) is 4. The number of quaternary nitrogens is 1. The van der Waals surface area contributed by atoms with E-state index in [0.29, 0.717) is 17.0 Å². The van der Waals surface area contributed by atoms with Gasteiger partial charge in [-0.3, -0.25) is 0 Å². The fourth-order valence-electron chi connectivity index (χ4n) is 1.18. The van der Waals surface area contributed by atoms with Crippen LogP contribution in [-0.4, -0.2) is 26.5 Å². The molecule has 0 fully saturated rings. The van der Waals surface area contributed by atoms with Gasteiger partial charge in [-0.15, -0.1) is 0 Å². The van der Waals surface area contributed by atoms with Gasteiger partial charge in [0.15, 0.2) is 11.5 Å². The van der Waals surface area contributed by atoms with Crippen molar-refractivity contribution in [3.8, 4) is 0 Å². The molecule has 0 amide bonds. The highest BCUT2D eigenvalue weighted by Crippen LogP contribution is 2.12. The van der Waals surface area contributed by atoms with Crippen LogP contribution >= 0.6 is 0 Å². The molecule has 2 heterocycles.